The number of nitriles is 1. The Morgan fingerprint density at radius 1 is 1.67 bits per heavy atom. The maximum absolute atomic E-state index is 11.0. The second-order valence-electron chi connectivity index (χ2n) is 2.13. The summed E-state index contributed by atoms with van der Waals surface area (Å²) in [7, 11) is 0. The van der Waals surface area contributed by atoms with Gasteiger partial charge in [-0.1, -0.05) is 11.6 Å². The van der Waals surface area contributed by atoms with Crippen LogP contribution in [-0.4, -0.2) is 9.78 Å². The van der Waals surface area contributed by atoms with Crippen LogP contribution in [0.5, 0.6) is 0 Å². The molecule has 5 heteroatoms. The lowest BCUT2D eigenvalue weighted by molar-refractivity contribution is 0.589. The standard InChI is InChI=1S/C7H6ClN3O/c8-6-2-3-7(12)11(10-6)5-1-4-9/h2-3H,1,5H2. The lowest BCUT2D eigenvalue weighted by atomic mass is 10.4. The van der Waals surface area contributed by atoms with Crippen molar-refractivity contribution in [1.82, 2.24) is 9.78 Å². The van der Waals surface area contributed by atoms with Gasteiger partial charge in [0, 0.05) is 6.07 Å². The van der Waals surface area contributed by atoms with Gasteiger partial charge in [-0.25, -0.2) is 4.68 Å². The Balaban J connectivity index is 2.92. The second kappa shape index (κ2) is 3.88. The number of hydrogen-bond donors (Lipinski definition) is 0. The van der Waals surface area contributed by atoms with Crippen LogP contribution in [0.4, 0.5) is 0 Å². The third-order valence-electron chi connectivity index (χ3n) is 1.27. The normalized spacial score (nSPS) is 9.33. The molecule has 0 aliphatic carbocycles. The first-order valence-electron chi connectivity index (χ1n) is 3.34. The van der Waals surface area contributed by atoms with Gasteiger partial charge in [0.05, 0.1) is 19.0 Å². The van der Waals surface area contributed by atoms with Crippen molar-refractivity contribution < 1.29 is 0 Å². The van der Waals surface area contributed by atoms with Crippen molar-refractivity contribution in [1.29, 1.82) is 5.26 Å². The van der Waals surface area contributed by atoms with E-state index in [1.165, 1.54) is 16.8 Å². The van der Waals surface area contributed by atoms with E-state index in [1.807, 2.05) is 6.07 Å². The molecule has 0 aliphatic rings. The Labute approximate surface area is 74.0 Å². The lowest BCUT2D eigenvalue weighted by Crippen LogP contribution is -2.21. The summed E-state index contributed by atoms with van der Waals surface area (Å²) < 4.78 is 1.17. The predicted molar refractivity (Wildman–Crippen MR) is 43.7 cm³/mol. The largest absolute Gasteiger partial charge is 0.268 e. The summed E-state index contributed by atoms with van der Waals surface area (Å²) in [4.78, 5) is 11.0. The molecular weight excluding hydrogens is 178 g/mol. The third-order valence-corrected chi connectivity index (χ3v) is 1.47. The van der Waals surface area contributed by atoms with E-state index in [0.717, 1.165) is 0 Å². The van der Waals surface area contributed by atoms with Gasteiger partial charge in [-0.15, -0.1) is 0 Å². The minimum absolute atomic E-state index is 0.241. The van der Waals surface area contributed by atoms with Crippen LogP contribution in [0.2, 0.25) is 5.15 Å². The van der Waals surface area contributed by atoms with Crippen molar-refractivity contribution in [2.45, 2.75) is 13.0 Å². The molecule has 12 heavy (non-hydrogen) atoms. The van der Waals surface area contributed by atoms with Crippen molar-refractivity contribution in [3.8, 4) is 6.07 Å². The van der Waals surface area contributed by atoms with E-state index in [4.69, 9.17) is 16.9 Å². The second-order valence-corrected chi connectivity index (χ2v) is 2.51. The van der Waals surface area contributed by atoms with Crippen LogP contribution in [0.25, 0.3) is 0 Å². The average Bonchev–Trinajstić information content (AvgIpc) is 2.07. The monoisotopic (exact) mass is 183 g/mol. The zero-order valence-electron chi connectivity index (χ0n) is 6.20. The van der Waals surface area contributed by atoms with Crippen LogP contribution in [0.1, 0.15) is 6.42 Å². The first kappa shape index (κ1) is 8.75. The molecule has 0 fully saturated rings. The molecule has 0 N–H and O–H groups in total. The van der Waals surface area contributed by atoms with Crippen molar-refractivity contribution in [3.05, 3.63) is 27.6 Å². The summed E-state index contributed by atoms with van der Waals surface area (Å²) in [5.41, 5.74) is -0.241. The van der Waals surface area contributed by atoms with Crippen LogP contribution < -0.4 is 5.56 Å². The molecule has 0 saturated heterocycles. The highest BCUT2D eigenvalue weighted by Crippen LogP contribution is 1.97. The molecule has 0 unspecified atom stereocenters. The van der Waals surface area contributed by atoms with E-state index in [-0.39, 0.29) is 23.7 Å². The van der Waals surface area contributed by atoms with Gasteiger partial charge in [0.2, 0.25) is 0 Å². The van der Waals surface area contributed by atoms with Gasteiger partial charge in [0.1, 0.15) is 5.15 Å². The number of halogens is 1. The summed E-state index contributed by atoms with van der Waals surface area (Å²) in [6, 6.07) is 4.67. The quantitative estimate of drug-likeness (QED) is 0.682. The van der Waals surface area contributed by atoms with Gasteiger partial charge in [0.25, 0.3) is 5.56 Å². The van der Waals surface area contributed by atoms with Gasteiger partial charge < -0.3 is 0 Å². The maximum Gasteiger partial charge on any atom is 0.266 e. The molecule has 4 nitrogen and oxygen atoms in total. The van der Waals surface area contributed by atoms with Crippen LogP contribution in [0.3, 0.4) is 0 Å². The molecule has 0 aromatic carbocycles. The Hall–Kier alpha value is -1.34. The highest BCUT2D eigenvalue weighted by atomic mass is 35.5. The summed E-state index contributed by atoms with van der Waals surface area (Å²) in [5.74, 6) is 0. The molecule has 0 saturated carbocycles. The summed E-state index contributed by atoms with van der Waals surface area (Å²) in [5, 5.41) is 12.2. The first-order chi connectivity index (χ1) is 5.74. The van der Waals surface area contributed by atoms with Crippen LogP contribution in [0.15, 0.2) is 16.9 Å². The zero-order valence-corrected chi connectivity index (χ0v) is 6.95. The minimum Gasteiger partial charge on any atom is -0.268 e. The highest BCUT2D eigenvalue weighted by Gasteiger charge is 1.96. The third kappa shape index (κ3) is 2.07. The molecule has 1 aromatic rings. The zero-order chi connectivity index (χ0) is 8.97. The number of hydrogen-bond acceptors (Lipinski definition) is 3. The fourth-order valence-electron chi connectivity index (χ4n) is 0.740. The van der Waals surface area contributed by atoms with Crippen molar-refractivity contribution in [2.75, 3.05) is 0 Å². The Morgan fingerprint density at radius 2 is 2.42 bits per heavy atom. The molecule has 0 amide bonds. The molecule has 0 atom stereocenters. The van der Waals surface area contributed by atoms with Crippen LogP contribution >= 0.6 is 11.6 Å². The van der Waals surface area contributed by atoms with Gasteiger partial charge in [-0.2, -0.15) is 10.4 Å². The number of aryl methyl sites for hydroxylation is 1. The number of aromatic nitrogens is 2. The Bertz CT molecular complexity index is 366. The highest BCUT2D eigenvalue weighted by molar-refractivity contribution is 6.29. The van der Waals surface area contributed by atoms with E-state index in [2.05, 4.69) is 5.10 Å². The molecule has 0 radical (unpaired) electrons. The molecule has 0 aliphatic heterocycles. The van der Waals surface area contributed by atoms with E-state index < -0.39 is 0 Å². The Kier molecular flexibility index (Phi) is 2.83. The SMILES string of the molecule is N#CCCn1nc(Cl)ccc1=O. The lowest BCUT2D eigenvalue weighted by Gasteiger charge is -1.99. The van der Waals surface area contributed by atoms with Crippen molar-refractivity contribution >= 4 is 11.6 Å². The fraction of sp³-hybridized carbons (Fsp3) is 0.286. The summed E-state index contributed by atoms with van der Waals surface area (Å²) in [6.07, 6.45) is 0.257. The van der Waals surface area contributed by atoms with Gasteiger partial charge in [0.15, 0.2) is 0 Å². The topological polar surface area (TPSA) is 58.7 Å². The fourth-order valence-corrected chi connectivity index (χ4v) is 0.894. The molecule has 0 spiro atoms. The van der Waals surface area contributed by atoms with Gasteiger partial charge in [-0.3, -0.25) is 4.79 Å². The smallest absolute Gasteiger partial charge is 0.266 e. The van der Waals surface area contributed by atoms with E-state index >= 15 is 0 Å². The van der Waals surface area contributed by atoms with Crippen LogP contribution in [-0.2, 0) is 6.54 Å². The maximum atomic E-state index is 11.0. The van der Waals surface area contributed by atoms with E-state index in [9.17, 15) is 4.79 Å². The molecule has 1 heterocycles. The van der Waals surface area contributed by atoms with E-state index in [0.29, 0.717) is 0 Å². The van der Waals surface area contributed by atoms with Crippen LogP contribution in [0, 0.1) is 11.3 Å². The van der Waals surface area contributed by atoms with E-state index in [1.54, 1.807) is 0 Å². The first-order valence-corrected chi connectivity index (χ1v) is 3.72. The molecule has 0 bridgehead atoms. The summed E-state index contributed by atoms with van der Waals surface area (Å²) in [6.45, 7) is 0.288. The average molecular weight is 184 g/mol. The predicted octanol–water partition coefficient (Wildman–Crippen LogP) is 0.810. The Morgan fingerprint density at radius 3 is 3.08 bits per heavy atom. The number of rotatable bonds is 2. The molecule has 62 valence electrons. The molecular formula is C7H6ClN3O. The number of nitrogens with zero attached hydrogens (tertiary/aromatic N) is 3. The summed E-state index contributed by atoms with van der Waals surface area (Å²) >= 11 is 5.54. The van der Waals surface area contributed by atoms with Crippen molar-refractivity contribution in [2.24, 2.45) is 0 Å². The molecule has 1 rings (SSSR count). The minimum atomic E-state index is -0.241. The van der Waals surface area contributed by atoms with Gasteiger partial charge >= 0.3 is 0 Å². The van der Waals surface area contributed by atoms with Crippen molar-refractivity contribution in [3.63, 3.8) is 0 Å². The molecule has 1 aromatic heterocycles. The van der Waals surface area contributed by atoms with Gasteiger partial charge in [-0.05, 0) is 6.07 Å².